The molecule has 0 saturated carbocycles. The van der Waals surface area contributed by atoms with Crippen LogP contribution in [0.2, 0.25) is 5.02 Å². The van der Waals surface area contributed by atoms with Crippen LogP contribution in [0.5, 0.6) is 0 Å². The van der Waals surface area contributed by atoms with Crippen LogP contribution in [0.4, 0.5) is 0 Å². The van der Waals surface area contributed by atoms with Crippen molar-refractivity contribution in [2.24, 2.45) is 0 Å². The second kappa shape index (κ2) is 8.35. The van der Waals surface area contributed by atoms with Gasteiger partial charge in [0, 0.05) is 43.0 Å². The molecule has 1 amide bonds. The van der Waals surface area contributed by atoms with Gasteiger partial charge in [0.25, 0.3) is 5.91 Å². The number of amides is 1. The Balaban J connectivity index is 1.32. The summed E-state index contributed by atoms with van der Waals surface area (Å²) in [6, 6.07) is 15.9. The van der Waals surface area contributed by atoms with E-state index in [0.29, 0.717) is 5.02 Å². The van der Waals surface area contributed by atoms with E-state index in [9.17, 15) is 4.79 Å². The molecule has 1 saturated heterocycles. The number of piperidine rings is 1. The predicted molar refractivity (Wildman–Crippen MR) is 124 cm³/mol. The molecule has 2 aliphatic rings. The fourth-order valence-electron chi connectivity index (χ4n) is 4.96. The molecule has 1 atom stereocenters. The molecule has 7 heteroatoms. The Hall–Kier alpha value is -2.67. The molecule has 0 aliphatic carbocycles. The number of hydrogen-bond acceptors (Lipinski definition) is 4. The molecular weight excluding hydrogens is 424 g/mol. The van der Waals surface area contributed by atoms with Gasteiger partial charge in [-0.15, -0.1) is 0 Å². The van der Waals surface area contributed by atoms with E-state index in [1.165, 1.54) is 5.56 Å². The molecule has 3 aromatic rings. The van der Waals surface area contributed by atoms with Crippen molar-refractivity contribution in [3.05, 3.63) is 82.1 Å². The third kappa shape index (κ3) is 3.62. The van der Waals surface area contributed by atoms with E-state index in [1.54, 1.807) is 7.05 Å². The van der Waals surface area contributed by atoms with Gasteiger partial charge in [0.05, 0.1) is 17.5 Å². The number of likely N-dealkylation sites (tertiary alicyclic amines) is 1. The summed E-state index contributed by atoms with van der Waals surface area (Å²) in [5, 5.41) is 8.01. The molecule has 1 spiro atoms. The smallest absolute Gasteiger partial charge is 0.253 e. The maximum atomic E-state index is 12.5. The van der Waals surface area contributed by atoms with Gasteiger partial charge in [-0.3, -0.25) is 9.69 Å². The van der Waals surface area contributed by atoms with E-state index in [2.05, 4.69) is 34.4 Å². The van der Waals surface area contributed by atoms with E-state index < -0.39 is 11.7 Å². The lowest BCUT2D eigenvalue weighted by atomic mass is 9.83. The van der Waals surface area contributed by atoms with Gasteiger partial charge >= 0.3 is 0 Å². The molecular formula is C25H27ClN4O2. The maximum Gasteiger partial charge on any atom is 0.253 e. The van der Waals surface area contributed by atoms with Crippen LogP contribution in [0.15, 0.2) is 54.7 Å². The third-order valence-electron chi connectivity index (χ3n) is 6.79. The summed E-state index contributed by atoms with van der Waals surface area (Å²) in [5.74, 6) is -0.114. The minimum Gasteiger partial charge on any atom is -0.357 e. The van der Waals surface area contributed by atoms with Crippen molar-refractivity contribution in [1.82, 2.24) is 20.0 Å². The number of fused-ring (bicyclic) bond motifs is 2. The summed E-state index contributed by atoms with van der Waals surface area (Å²) in [4.78, 5) is 14.9. The number of ether oxygens (including phenoxy) is 1. The summed E-state index contributed by atoms with van der Waals surface area (Å²) in [7, 11) is 1.65. The largest absolute Gasteiger partial charge is 0.357 e. The first-order valence-electron chi connectivity index (χ1n) is 11.0. The Morgan fingerprint density at radius 3 is 2.69 bits per heavy atom. The van der Waals surface area contributed by atoms with Gasteiger partial charge in [0.15, 0.2) is 6.10 Å². The number of carbonyl (C=O) groups excluding carboxylic acids is 1. The number of para-hydroxylation sites is 1. The number of hydrogen-bond donors (Lipinski definition) is 1. The summed E-state index contributed by atoms with van der Waals surface area (Å²) in [6.07, 6.45) is 3.03. The monoisotopic (exact) mass is 450 g/mol. The molecule has 166 valence electrons. The Kier molecular flexibility index (Phi) is 5.53. The van der Waals surface area contributed by atoms with Gasteiger partial charge in [-0.2, -0.15) is 5.10 Å². The number of nitrogens with zero attached hydrogens (tertiary/aromatic N) is 3. The molecule has 0 bridgehead atoms. The molecule has 1 unspecified atom stereocenters. The molecule has 5 rings (SSSR count). The van der Waals surface area contributed by atoms with E-state index >= 15 is 0 Å². The highest BCUT2D eigenvalue weighted by Gasteiger charge is 2.48. The highest BCUT2D eigenvalue weighted by atomic mass is 35.5. The lowest BCUT2D eigenvalue weighted by molar-refractivity contribution is -0.150. The van der Waals surface area contributed by atoms with E-state index in [0.717, 1.165) is 55.0 Å². The summed E-state index contributed by atoms with van der Waals surface area (Å²) in [6.45, 7) is 4.72. The van der Waals surface area contributed by atoms with E-state index in [1.807, 2.05) is 47.3 Å². The van der Waals surface area contributed by atoms with Crippen molar-refractivity contribution in [3.8, 4) is 5.69 Å². The fraction of sp³-hybridized carbons (Fsp3) is 0.360. The molecule has 6 nitrogen and oxygen atoms in total. The van der Waals surface area contributed by atoms with Gasteiger partial charge < -0.3 is 10.1 Å². The lowest BCUT2D eigenvalue weighted by Crippen LogP contribution is -2.43. The first-order chi connectivity index (χ1) is 15.5. The number of halogens is 1. The van der Waals surface area contributed by atoms with E-state index in [-0.39, 0.29) is 5.91 Å². The maximum absolute atomic E-state index is 12.5. The Morgan fingerprint density at radius 1 is 1.22 bits per heavy atom. The summed E-state index contributed by atoms with van der Waals surface area (Å²) in [5.41, 5.74) is 4.99. The number of nitrogens with one attached hydrogen (secondary N) is 1. The van der Waals surface area contributed by atoms with Gasteiger partial charge in [-0.25, -0.2) is 4.68 Å². The van der Waals surface area contributed by atoms with Crippen LogP contribution in [0, 0.1) is 6.92 Å². The number of rotatable bonds is 4. The molecule has 3 heterocycles. The van der Waals surface area contributed by atoms with Crippen molar-refractivity contribution in [3.63, 3.8) is 0 Å². The SMILES string of the molecule is CNC(=O)C1OC2(CCN(Cc3cnn(-c4ccccc4)c3C)CC2)c2cc(Cl)ccc21. The average molecular weight is 451 g/mol. The number of aromatic nitrogens is 2. The van der Waals surface area contributed by atoms with Crippen molar-refractivity contribution in [1.29, 1.82) is 0 Å². The van der Waals surface area contributed by atoms with Crippen LogP contribution in [0.25, 0.3) is 5.69 Å². The first kappa shape index (κ1) is 21.2. The lowest BCUT2D eigenvalue weighted by Gasteiger charge is -2.39. The van der Waals surface area contributed by atoms with Crippen LogP contribution >= 0.6 is 11.6 Å². The molecule has 1 fully saturated rings. The van der Waals surface area contributed by atoms with Crippen LogP contribution in [-0.4, -0.2) is 40.7 Å². The average Bonchev–Trinajstić information content (AvgIpc) is 3.33. The quantitative estimate of drug-likeness (QED) is 0.649. The minimum atomic E-state index is -0.579. The summed E-state index contributed by atoms with van der Waals surface area (Å²) >= 11 is 6.32. The van der Waals surface area contributed by atoms with Gasteiger partial charge in [0.1, 0.15) is 0 Å². The first-order valence-corrected chi connectivity index (χ1v) is 11.4. The van der Waals surface area contributed by atoms with Crippen LogP contribution in [0.3, 0.4) is 0 Å². The number of benzene rings is 2. The van der Waals surface area contributed by atoms with Crippen molar-refractivity contribution >= 4 is 17.5 Å². The van der Waals surface area contributed by atoms with Crippen molar-refractivity contribution in [2.45, 2.75) is 38.0 Å². The molecule has 2 aliphatic heterocycles. The van der Waals surface area contributed by atoms with Crippen molar-refractivity contribution < 1.29 is 9.53 Å². The van der Waals surface area contributed by atoms with Crippen molar-refractivity contribution in [2.75, 3.05) is 20.1 Å². The highest BCUT2D eigenvalue weighted by Crippen LogP contribution is 2.50. The second-order valence-electron chi connectivity index (χ2n) is 8.62. The van der Waals surface area contributed by atoms with Crippen LogP contribution < -0.4 is 5.32 Å². The third-order valence-corrected chi connectivity index (χ3v) is 7.02. The van der Waals surface area contributed by atoms with Gasteiger partial charge in [-0.1, -0.05) is 35.9 Å². The highest BCUT2D eigenvalue weighted by molar-refractivity contribution is 6.30. The van der Waals surface area contributed by atoms with Gasteiger partial charge in [-0.05, 0) is 55.2 Å². The van der Waals surface area contributed by atoms with Crippen LogP contribution in [-0.2, 0) is 21.7 Å². The number of likely N-dealkylation sites (N-methyl/N-ethyl adjacent to an activating group) is 1. The normalized spacial score (nSPS) is 19.8. The molecule has 2 aromatic carbocycles. The topological polar surface area (TPSA) is 59.4 Å². The molecule has 32 heavy (non-hydrogen) atoms. The zero-order valence-corrected chi connectivity index (χ0v) is 19.1. The summed E-state index contributed by atoms with van der Waals surface area (Å²) < 4.78 is 8.43. The fourth-order valence-corrected chi connectivity index (χ4v) is 5.13. The zero-order chi connectivity index (χ0) is 22.3. The Morgan fingerprint density at radius 2 is 1.97 bits per heavy atom. The van der Waals surface area contributed by atoms with Crippen LogP contribution in [0.1, 0.15) is 41.3 Å². The molecule has 1 N–H and O–H groups in total. The van der Waals surface area contributed by atoms with Gasteiger partial charge in [0.2, 0.25) is 0 Å². The minimum absolute atomic E-state index is 0.114. The Labute approximate surface area is 193 Å². The predicted octanol–water partition coefficient (Wildman–Crippen LogP) is 4.14. The number of carbonyl (C=O) groups is 1. The molecule has 0 radical (unpaired) electrons. The molecule has 1 aromatic heterocycles. The Bertz CT molecular complexity index is 1140. The zero-order valence-electron chi connectivity index (χ0n) is 18.3. The van der Waals surface area contributed by atoms with E-state index in [4.69, 9.17) is 16.3 Å². The second-order valence-corrected chi connectivity index (χ2v) is 9.05. The standard InChI is InChI=1S/C25H27ClN4O2/c1-17-18(15-28-30(17)20-6-4-3-5-7-20)16-29-12-10-25(11-13-29)22-14-19(26)8-9-21(22)23(32-25)24(31)27-2/h3-9,14-15,23H,10-13,16H2,1-2H3,(H,27,31).